The van der Waals surface area contributed by atoms with E-state index in [1.165, 1.54) is 32.2 Å². The second kappa shape index (κ2) is 8.10. The van der Waals surface area contributed by atoms with Gasteiger partial charge in [0.1, 0.15) is 0 Å². The number of hydrogen-bond acceptors (Lipinski definition) is 2. The van der Waals surface area contributed by atoms with Crippen LogP contribution in [-0.2, 0) is 4.74 Å². The van der Waals surface area contributed by atoms with Crippen molar-refractivity contribution in [1.29, 1.82) is 0 Å². The first kappa shape index (κ1) is 15.0. The molecule has 17 heavy (non-hydrogen) atoms. The zero-order valence-corrected chi connectivity index (χ0v) is 12.2. The summed E-state index contributed by atoms with van der Waals surface area (Å²) in [5.41, 5.74) is 0. The summed E-state index contributed by atoms with van der Waals surface area (Å²) in [6.07, 6.45) is 5.73. The molecule has 0 aromatic rings. The number of rotatable bonds is 7. The fourth-order valence-electron chi connectivity index (χ4n) is 2.81. The van der Waals surface area contributed by atoms with Gasteiger partial charge in [0.25, 0.3) is 0 Å². The lowest BCUT2D eigenvalue weighted by Gasteiger charge is -2.35. The van der Waals surface area contributed by atoms with Gasteiger partial charge in [0.15, 0.2) is 0 Å². The molecule has 0 heterocycles. The Morgan fingerprint density at radius 2 is 2.00 bits per heavy atom. The SMILES string of the molecule is CCCNCC1CCC(C)CC1COC(C)C. The quantitative estimate of drug-likeness (QED) is 0.689. The second-order valence-electron chi connectivity index (χ2n) is 6.02. The lowest BCUT2D eigenvalue weighted by Crippen LogP contribution is -2.35. The molecule has 0 radical (unpaired) electrons. The molecule has 0 aliphatic heterocycles. The molecule has 2 heteroatoms. The Hall–Kier alpha value is -0.0800. The summed E-state index contributed by atoms with van der Waals surface area (Å²) in [7, 11) is 0. The third-order valence-electron chi connectivity index (χ3n) is 3.88. The van der Waals surface area contributed by atoms with Gasteiger partial charge >= 0.3 is 0 Å². The van der Waals surface area contributed by atoms with E-state index < -0.39 is 0 Å². The van der Waals surface area contributed by atoms with Crippen molar-refractivity contribution >= 4 is 0 Å². The average Bonchev–Trinajstić information content (AvgIpc) is 2.29. The fraction of sp³-hybridized carbons (Fsp3) is 1.00. The highest BCUT2D eigenvalue weighted by atomic mass is 16.5. The summed E-state index contributed by atoms with van der Waals surface area (Å²) >= 11 is 0. The van der Waals surface area contributed by atoms with E-state index in [-0.39, 0.29) is 0 Å². The summed E-state index contributed by atoms with van der Waals surface area (Å²) in [5.74, 6) is 2.49. The molecule has 0 spiro atoms. The van der Waals surface area contributed by atoms with Crippen molar-refractivity contribution in [3.8, 4) is 0 Å². The average molecular weight is 241 g/mol. The molecule has 1 aliphatic rings. The minimum Gasteiger partial charge on any atom is -0.378 e. The van der Waals surface area contributed by atoms with Crippen molar-refractivity contribution in [1.82, 2.24) is 5.32 Å². The van der Waals surface area contributed by atoms with Gasteiger partial charge in [-0.1, -0.05) is 20.3 Å². The van der Waals surface area contributed by atoms with Crippen molar-refractivity contribution in [2.45, 2.75) is 59.5 Å². The Balaban J connectivity index is 2.35. The van der Waals surface area contributed by atoms with E-state index in [0.29, 0.717) is 6.10 Å². The largest absolute Gasteiger partial charge is 0.378 e. The molecule has 0 aromatic carbocycles. The first-order chi connectivity index (χ1) is 8.13. The van der Waals surface area contributed by atoms with Crippen molar-refractivity contribution in [2.24, 2.45) is 17.8 Å². The van der Waals surface area contributed by atoms with Crippen LogP contribution in [0.2, 0.25) is 0 Å². The summed E-state index contributed by atoms with van der Waals surface area (Å²) in [4.78, 5) is 0. The van der Waals surface area contributed by atoms with Crippen LogP contribution in [0.4, 0.5) is 0 Å². The van der Waals surface area contributed by atoms with Crippen LogP contribution >= 0.6 is 0 Å². The molecule has 3 atom stereocenters. The van der Waals surface area contributed by atoms with Crippen molar-refractivity contribution in [2.75, 3.05) is 19.7 Å². The van der Waals surface area contributed by atoms with Gasteiger partial charge in [-0.15, -0.1) is 0 Å². The van der Waals surface area contributed by atoms with Crippen LogP contribution in [0.1, 0.15) is 53.4 Å². The summed E-state index contributed by atoms with van der Waals surface area (Å²) < 4.78 is 5.84. The zero-order chi connectivity index (χ0) is 12.7. The maximum Gasteiger partial charge on any atom is 0.0519 e. The van der Waals surface area contributed by atoms with Crippen LogP contribution in [0.15, 0.2) is 0 Å². The van der Waals surface area contributed by atoms with E-state index in [9.17, 15) is 0 Å². The number of nitrogens with one attached hydrogen (secondary N) is 1. The second-order valence-corrected chi connectivity index (χ2v) is 6.02. The normalized spacial score (nSPS) is 29.8. The summed E-state index contributed by atoms with van der Waals surface area (Å²) in [6.45, 7) is 12.2. The highest BCUT2D eigenvalue weighted by Crippen LogP contribution is 2.33. The highest BCUT2D eigenvalue weighted by molar-refractivity contribution is 4.80. The van der Waals surface area contributed by atoms with Gasteiger partial charge in [-0.25, -0.2) is 0 Å². The van der Waals surface area contributed by atoms with E-state index in [0.717, 1.165) is 30.9 Å². The third kappa shape index (κ3) is 5.87. The zero-order valence-electron chi connectivity index (χ0n) is 12.2. The Morgan fingerprint density at radius 1 is 1.24 bits per heavy atom. The summed E-state index contributed by atoms with van der Waals surface area (Å²) in [6, 6.07) is 0. The van der Waals surface area contributed by atoms with E-state index in [4.69, 9.17) is 4.74 Å². The van der Waals surface area contributed by atoms with Gasteiger partial charge in [-0.3, -0.25) is 0 Å². The predicted octanol–water partition coefficient (Wildman–Crippen LogP) is 3.46. The lowest BCUT2D eigenvalue weighted by molar-refractivity contribution is 0.0142. The fourth-order valence-corrected chi connectivity index (χ4v) is 2.81. The van der Waals surface area contributed by atoms with Crippen LogP contribution in [0.3, 0.4) is 0 Å². The minimum absolute atomic E-state index is 0.372. The van der Waals surface area contributed by atoms with Gasteiger partial charge in [0.2, 0.25) is 0 Å². The summed E-state index contributed by atoms with van der Waals surface area (Å²) in [5, 5.41) is 3.58. The number of ether oxygens (including phenoxy) is 1. The van der Waals surface area contributed by atoms with Crippen LogP contribution in [-0.4, -0.2) is 25.8 Å². The topological polar surface area (TPSA) is 21.3 Å². The first-order valence-electron chi connectivity index (χ1n) is 7.45. The minimum atomic E-state index is 0.372. The molecule has 1 fully saturated rings. The van der Waals surface area contributed by atoms with Gasteiger partial charge in [-0.05, 0) is 64.0 Å². The van der Waals surface area contributed by atoms with Crippen molar-refractivity contribution in [3.63, 3.8) is 0 Å². The standard InChI is InChI=1S/C15H31NO/c1-5-8-16-10-14-7-6-13(4)9-15(14)11-17-12(2)3/h12-16H,5-11H2,1-4H3. The van der Waals surface area contributed by atoms with Crippen LogP contribution in [0.25, 0.3) is 0 Å². The Labute approximate surface area is 108 Å². The Kier molecular flexibility index (Phi) is 7.14. The maximum absolute atomic E-state index is 5.84. The van der Waals surface area contributed by atoms with Gasteiger partial charge in [0.05, 0.1) is 12.7 Å². The molecule has 1 N–H and O–H groups in total. The molecule has 1 rings (SSSR count). The molecule has 3 unspecified atom stereocenters. The van der Waals surface area contributed by atoms with Crippen LogP contribution in [0.5, 0.6) is 0 Å². The molecule has 0 amide bonds. The molecule has 0 aromatic heterocycles. The van der Waals surface area contributed by atoms with Crippen LogP contribution in [0, 0.1) is 17.8 Å². The van der Waals surface area contributed by atoms with Gasteiger partial charge in [-0.2, -0.15) is 0 Å². The van der Waals surface area contributed by atoms with Gasteiger partial charge < -0.3 is 10.1 Å². The Morgan fingerprint density at radius 3 is 2.65 bits per heavy atom. The molecule has 102 valence electrons. The molecule has 0 saturated heterocycles. The lowest BCUT2D eigenvalue weighted by atomic mass is 9.75. The van der Waals surface area contributed by atoms with E-state index in [1.807, 2.05) is 0 Å². The maximum atomic E-state index is 5.84. The monoisotopic (exact) mass is 241 g/mol. The van der Waals surface area contributed by atoms with E-state index in [2.05, 4.69) is 33.0 Å². The number of hydrogen-bond donors (Lipinski definition) is 1. The molecular weight excluding hydrogens is 210 g/mol. The highest BCUT2D eigenvalue weighted by Gasteiger charge is 2.28. The first-order valence-corrected chi connectivity index (χ1v) is 7.45. The molecule has 1 saturated carbocycles. The Bertz CT molecular complexity index is 193. The third-order valence-corrected chi connectivity index (χ3v) is 3.88. The van der Waals surface area contributed by atoms with E-state index in [1.54, 1.807) is 0 Å². The van der Waals surface area contributed by atoms with Crippen LogP contribution < -0.4 is 5.32 Å². The van der Waals surface area contributed by atoms with Crippen molar-refractivity contribution in [3.05, 3.63) is 0 Å². The van der Waals surface area contributed by atoms with E-state index >= 15 is 0 Å². The van der Waals surface area contributed by atoms with Gasteiger partial charge in [0, 0.05) is 0 Å². The molecule has 1 aliphatic carbocycles. The molecule has 0 bridgehead atoms. The van der Waals surface area contributed by atoms with Crippen molar-refractivity contribution < 1.29 is 4.74 Å². The smallest absolute Gasteiger partial charge is 0.0519 e. The molecular formula is C15H31NO. The predicted molar refractivity (Wildman–Crippen MR) is 74.2 cm³/mol. The molecule has 2 nitrogen and oxygen atoms in total.